The van der Waals surface area contributed by atoms with Crippen LogP contribution in [0, 0.1) is 22.7 Å². The molecule has 0 bridgehead atoms. The summed E-state index contributed by atoms with van der Waals surface area (Å²) in [5.41, 5.74) is 3.32. The third-order valence-electron chi connectivity index (χ3n) is 3.50. The van der Waals surface area contributed by atoms with E-state index < -0.39 is 5.97 Å². The molecule has 5 heteroatoms. The molecule has 0 saturated heterocycles. The molecule has 2 aromatic carbocycles. The van der Waals surface area contributed by atoms with E-state index in [2.05, 4.69) is 0 Å². The number of fused-ring (bicyclic) bond motifs is 3. The van der Waals surface area contributed by atoms with Crippen molar-refractivity contribution in [3.05, 3.63) is 64.7 Å². The molecular formula is C17H9N2NaO2. The summed E-state index contributed by atoms with van der Waals surface area (Å²) in [4.78, 5) is 11.4. The Labute approximate surface area is 149 Å². The van der Waals surface area contributed by atoms with Crippen molar-refractivity contribution in [3.8, 4) is 23.3 Å². The van der Waals surface area contributed by atoms with Crippen LogP contribution in [-0.4, -0.2) is 40.6 Å². The first-order valence-corrected chi connectivity index (χ1v) is 6.20. The van der Waals surface area contributed by atoms with Crippen LogP contribution in [0.15, 0.2) is 48.0 Å². The second-order valence-electron chi connectivity index (χ2n) is 4.55. The standard InChI is InChI=1S/C17H8N2O2.Na.H/c18-8-10(9-19)15-11-4-1-2-5-12(11)16-13(15)6-3-7-14(16)17(20)21;;/h1-7H,(H,20,21);;. The zero-order valence-electron chi connectivity index (χ0n) is 10.8. The Hall–Kier alpha value is -2.37. The van der Waals surface area contributed by atoms with Gasteiger partial charge < -0.3 is 5.11 Å². The second-order valence-corrected chi connectivity index (χ2v) is 4.55. The fourth-order valence-corrected chi connectivity index (χ4v) is 2.70. The molecule has 4 nitrogen and oxygen atoms in total. The third-order valence-corrected chi connectivity index (χ3v) is 3.50. The number of nitriles is 2. The predicted octanol–water partition coefficient (Wildman–Crippen LogP) is 2.57. The van der Waals surface area contributed by atoms with Gasteiger partial charge in [-0.05, 0) is 22.8 Å². The third kappa shape index (κ3) is 2.24. The van der Waals surface area contributed by atoms with E-state index in [1.165, 1.54) is 6.07 Å². The number of nitrogens with zero attached hydrogens (tertiary/aromatic N) is 2. The summed E-state index contributed by atoms with van der Waals surface area (Å²) in [5.74, 6) is -1.03. The van der Waals surface area contributed by atoms with Crippen LogP contribution in [0.2, 0.25) is 0 Å². The molecule has 0 saturated carbocycles. The van der Waals surface area contributed by atoms with Crippen LogP contribution < -0.4 is 0 Å². The number of carboxylic acid groups (broad SMARTS) is 1. The molecular weight excluding hydrogens is 287 g/mol. The van der Waals surface area contributed by atoms with E-state index in [4.69, 9.17) is 10.5 Å². The Kier molecular flexibility index (Phi) is 4.49. The summed E-state index contributed by atoms with van der Waals surface area (Å²) in [6, 6.07) is 15.9. The molecule has 0 fully saturated rings. The minimum atomic E-state index is -1.03. The maximum absolute atomic E-state index is 11.4. The first-order valence-electron chi connectivity index (χ1n) is 6.20. The van der Waals surface area contributed by atoms with Crippen molar-refractivity contribution < 1.29 is 9.90 Å². The second kappa shape index (κ2) is 6.17. The van der Waals surface area contributed by atoms with Crippen LogP contribution in [0.4, 0.5) is 0 Å². The monoisotopic (exact) mass is 296 g/mol. The van der Waals surface area contributed by atoms with Crippen molar-refractivity contribution in [1.82, 2.24) is 0 Å². The van der Waals surface area contributed by atoms with Crippen LogP contribution in [0.25, 0.3) is 16.7 Å². The molecule has 0 atom stereocenters. The fourth-order valence-electron chi connectivity index (χ4n) is 2.70. The van der Waals surface area contributed by atoms with Gasteiger partial charge in [0.25, 0.3) is 0 Å². The topological polar surface area (TPSA) is 84.9 Å². The molecule has 0 amide bonds. The molecule has 0 aliphatic heterocycles. The maximum atomic E-state index is 11.4. The quantitative estimate of drug-likeness (QED) is 0.552. The predicted molar refractivity (Wildman–Crippen MR) is 83.2 cm³/mol. The van der Waals surface area contributed by atoms with Crippen LogP contribution in [0.3, 0.4) is 0 Å². The Morgan fingerprint density at radius 1 is 0.909 bits per heavy atom. The fraction of sp³-hybridized carbons (Fsp3) is 0. The average Bonchev–Trinajstić information content (AvgIpc) is 2.84. The summed E-state index contributed by atoms with van der Waals surface area (Å²) < 4.78 is 0. The van der Waals surface area contributed by atoms with Gasteiger partial charge in [0.2, 0.25) is 0 Å². The number of allylic oxidation sites excluding steroid dienone is 1. The first-order chi connectivity index (χ1) is 10.2. The molecule has 0 spiro atoms. The normalized spacial score (nSPS) is 10.5. The van der Waals surface area contributed by atoms with Crippen LogP contribution in [-0.2, 0) is 0 Å². The number of hydrogen-bond donors (Lipinski definition) is 1. The van der Waals surface area contributed by atoms with E-state index in [-0.39, 0.29) is 40.7 Å². The Balaban J connectivity index is 0.00000176. The van der Waals surface area contributed by atoms with Crippen molar-refractivity contribution in [2.24, 2.45) is 0 Å². The number of benzene rings is 2. The zero-order chi connectivity index (χ0) is 15.0. The van der Waals surface area contributed by atoms with E-state index in [9.17, 15) is 9.90 Å². The van der Waals surface area contributed by atoms with Gasteiger partial charge in [-0.1, -0.05) is 36.4 Å². The van der Waals surface area contributed by atoms with E-state index in [1.54, 1.807) is 30.3 Å². The summed E-state index contributed by atoms with van der Waals surface area (Å²) >= 11 is 0. The molecule has 0 radical (unpaired) electrons. The van der Waals surface area contributed by atoms with E-state index in [0.29, 0.717) is 16.7 Å². The molecule has 1 aliphatic carbocycles. The molecule has 0 unspecified atom stereocenters. The van der Waals surface area contributed by atoms with Gasteiger partial charge in [0.05, 0.1) is 5.56 Å². The van der Waals surface area contributed by atoms with Gasteiger partial charge in [0.15, 0.2) is 0 Å². The molecule has 3 rings (SSSR count). The van der Waals surface area contributed by atoms with Crippen LogP contribution in [0.1, 0.15) is 21.5 Å². The molecule has 100 valence electrons. The minimum absolute atomic E-state index is 0. The van der Waals surface area contributed by atoms with Crippen LogP contribution in [0.5, 0.6) is 0 Å². The zero-order valence-corrected chi connectivity index (χ0v) is 10.8. The Morgan fingerprint density at radius 3 is 2.09 bits per heavy atom. The number of hydrogen-bond acceptors (Lipinski definition) is 3. The van der Waals surface area contributed by atoms with Crippen LogP contribution >= 0.6 is 0 Å². The van der Waals surface area contributed by atoms with Gasteiger partial charge in [0.1, 0.15) is 17.7 Å². The van der Waals surface area contributed by atoms with Crippen molar-refractivity contribution in [1.29, 1.82) is 10.5 Å². The van der Waals surface area contributed by atoms with Crippen molar-refractivity contribution in [3.63, 3.8) is 0 Å². The van der Waals surface area contributed by atoms with Gasteiger partial charge in [0, 0.05) is 11.1 Å². The molecule has 1 N–H and O–H groups in total. The van der Waals surface area contributed by atoms with E-state index >= 15 is 0 Å². The van der Waals surface area contributed by atoms with Gasteiger partial charge in [-0.3, -0.25) is 0 Å². The number of carboxylic acids is 1. The Morgan fingerprint density at radius 2 is 1.50 bits per heavy atom. The molecule has 0 heterocycles. The molecule has 2 aromatic rings. The van der Waals surface area contributed by atoms with Gasteiger partial charge in [-0.25, -0.2) is 4.79 Å². The number of aromatic carboxylic acids is 1. The number of rotatable bonds is 1. The van der Waals surface area contributed by atoms with Crippen molar-refractivity contribution in [2.45, 2.75) is 0 Å². The summed E-state index contributed by atoms with van der Waals surface area (Å²) in [7, 11) is 0. The van der Waals surface area contributed by atoms with Gasteiger partial charge in [-0.15, -0.1) is 0 Å². The van der Waals surface area contributed by atoms with Gasteiger partial charge >= 0.3 is 35.5 Å². The molecule has 0 aromatic heterocycles. The summed E-state index contributed by atoms with van der Waals surface area (Å²) in [6.07, 6.45) is 0. The van der Waals surface area contributed by atoms with Crippen molar-refractivity contribution >= 4 is 41.1 Å². The first kappa shape index (κ1) is 16.0. The van der Waals surface area contributed by atoms with Crippen molar-refractivity contribution in [2.75, 3.05) is 0 Å². The SMILES string of the molecule is N#CC(C#N)=C1c2ccccc2-c2c(C(=O)O)cccc21.[NaH]. The summed E-state index contributed by atoms with van der Waals surface area (Å²) in [6.45, 7) is 0. The summed E-state index contributed by atoms with van der Waals surface area (Å²) in [5, 5.41) is 27.7. The van der Waals surface area contributed by atoms with Gasteiger partial charge in [-0.2, -0.15) is 10.5 Å². The van der Waals surface area contributed by atoms with E-state index in [0.717, 1.165) is 11.1 Å². The Bertz CT molecular complexity index is 886. The molecule has 1 aliphatic rings. The molecule has 22 heavy (non-hydrogen) atoms. The van der Waals surface area contributed by atoms with E-state index in [1.807, 2.05) is 18.2 Å². The average molecular weight is 296 g/mol. The number of carbonyl (C=O) groups is 1.